The Labute approximate surface area is 335 Å². The molecule has 0 aromatic carbocycles. The van der Waals surface area contributed by atoms with E-state index in [2.05, 4.69) is 55.6 Å². The maximum absolute atomic E-state index is 12.9. The Morgan fingerprint density at radius 3 is 1.56 bits per heavy atom. The zero-order chi connectivity index (χ0) is 40.2. The second-order valence-corrected chi connectivity index (χ2v) is 15.5. The Morgan fingerprint density at radius 1 is 0.600 bits per heavy atom. The van der Waals surface area contributed by atoms with E-state index in [1.807, 2.05) is 6.08 Å². The van der Waals surface area contributed by atoms with E-state index in [-0.39, 0.29) is 12.5 Å². The summed E-state index contributed by atoms with van der Waals surface area (Å²) in [6.07, 6.45) is 38.7. The fourth-order valence-electron chi connectivity index (χ4n) is 6.71. The second-order valence-electron chi connectivity index (χ2n) is 15.5. The molecular weight excluding hydrogens is 695 g/mol. The number of nitrogens with one attached hydrogen (secondary N) is 1. The number of allylic oxidation sites excluding steroid dienone is 7. The van der Waals surface area contributed by atoms with Crippen molar-refractivity contribution in [2.24, 2.45) is 0 Å². The lowest BCUT2D eigenvalue weighted by molar-refractivity contribution is -0.302. The van der Waals surface area contributed by atoms with E-state index in [0.717, 1.165) is 51.4 Å². The van der Waals surface area contributed by atoms with E-state index in [4.69, 9.17) is 9.47 Å². The molecule has 0 aromatic rings. The number of amides is 1. The fraction of sp³-hybridized carbons (Fsp3) is 0.804. The van der Waals surface area contributed by atoms with Crippen molar-refractivity contribution in [2.45, 2.75) is 224 Å². The van der Waals surface area contributed by atoms with Gasteiger partial charge in [-0.15, -0.1) is 0 Å². The summed E-state index contributed by atoms with van der Waals surface area (Å²) in [4.78, 5) is 12.9. The Hall–Kier alpha value is -1.85. The molecule has 1 aliphatic rings. The zero-order valence-corrected chi connectivity index (χ0v) is 34.9. The highest BCUT2D eigenvalue weighted by atomic mass is 16.7. The first-order valence-electron chi connectivity index (χ1n) is 22.4. The van der Waals surface area contributed by atoms with E-state index in [1.165, 1.54) is 109 Å². The third-order valence-electron chi connectivity index (χ3n) is 10.4. The van der Waals surface area contributed by atoms with Gasteiger partial charge >= 0.3 is 0 Å². The lowest BCUT2D eigenvalue weighted by Crippen LogP contribution is -2.60. The number of carbonyl (C=O) groups excluding carboxylic acids is 1. The van der Waals surface area contributed by atoms with Crippen molar-refractivity contribution in [2.75, 3.05) is 13.2 Å². The van der Waals surface area contributed by atoms with Gasteiger partial charge in [-0.05, 0) is 70.6 Å². The fourth-order valence-corrected chi connectivity index (χ4v) is 6.71. The van der Waals surface area contributed by atoms with Crippen LogP contribution < -0.4 is 5.32 Å². The zero-order valence-electron chi connectivity index (χ0n) is 34.9. The van der Waals surface area contributed by atoms with Crippen LogP contribution in [0.15, 0.2) is 48.6 Å². The molecule has 0 aliphatic carbocycles. The summed E-state index contributed by atoms with van der Waals surface area (Å²) in [5, 5.41) is 54.1. The minimum atomic E-state index is -1.57. The molecule has 0 radical (unpaired) electrons. The summed E-state index contributed by atoms with van der Waals surface area (Å²) in [6.45, 7) is 3.70. The van der Waals surface area contributed by atoms with Gasteiger partial charge in [-0.2, -0.15) is 0 Å². The largest absolute Gasteiger partial charge is 0.394 e. The van der Waals surface area contributed by atoms with E-state index in [0.29, 0.717) is 6.42 Å². The number of unbranched alkanes of at least 4 members (excludes halogenated alkanes) is 20. The van der Waals surface area contributed by atoms with Crippen molar-refractivity contribution < 1.29 is 39.8 Å². The van der Waals surface area contributed by atoms with Gasteiger partial charge in [-0.1, -0.05) is 152 Å². The van der Waals surface area contributed by atoms with E-state index in [1.54, 1.807) is 6.08 Å². The van der Waals surface area contributed by atoms with Crippen molar-refractivity contribution in [1.82, 2.24) is 5.32 Å². The average Bonchev–Trinajstić information content (AvgIpc) is 3.18. The van der Waals surface area contributed by atoms with Crippen molar-refractivity contribution in [1.29, 1.82) is 0 Å². The smallest absolute Gasteiger partial charge is 0.220 e. The topological polar surface area (TPSA) is 149 Å². The standard InChI is InChI=1S/C46H83NO8/c1-3-5-7-9-11-13-15-17-18-19-20-21-22-24-26-28-30-32-34-36-42(50)47-39(38-54-46-45(53)44(52)43(51)41(37-48)55-46)40(49)35-33-31-29-27-25-23-16-14-12-10-8-6-4-2/h12,14,17-18,25,27,33,35,39-41,43-46,48-49,51-53H,3-11,13,15-16,19-24,26,28-32,34,36-38H2,1-2H3,(H,47,50)/b14-12+,18-17-,27-25+,35-33+. The van der Waals surface area contributed by atoms with Gasteiger partial charge in [0.1, 0.15) is 24.4 Å². The molecule has 7 unspecified atom stereocenters. The van der Waals surface area contributed by atoms with Crippen LogP contribution in [0.1, 0.15) is 181 Å². The summed E-state index contributed by atoms with van der Waals surface area (Å²) in [7, 11) is 0. The van der Waals surface area contributed by atoms with Crippen LogP contribution in [-0.4, -0.2) is 87.5 Å². The van der Waals surface area contributed by atoms with Gasteiger partial charge in [-0.25, -0.2) is 0 Å². The lowest BCUT2D eigenvalue weighted by atomic mass is 9.99. The molecule has 0 spiro atoms. The van der Waals surface area contributed by atoms with Crippen LogP contribution in [0.3, 0.4) is 0 Å². The van der Waals surface area contributed by atoms with Crippen molar-refractivity contribution in [3.05, 3.63) is 48.6 Å². The van der Waals surface area contributed by atoms with Gasteiger partial charge in [0.2, 0.25) is 5.91 Å². The number of rotatable bonds is 36. The average molecular weight is 778 g/mol. The number of carbonyl (C=O) groups is 1. The second kappa shape index (κ2) is 36.5. The summed E-state index contributed by atoms with van der Waals surface area (Å²) in [6, 6.07) is -0.827. The van der Waals surface area contributed by atoms with Crippen LogP contribution >= 0.6 is 0 Å². The quantitative estimate of drug-likeness (QED) is 0.0273. The molecule has 0 aromatic heterocycles. The van der Waals surface area contributed by atoms with Crippen LogP contribution in [0.5, 0.6) is 0 Å². The first-order valence-corrected chi connectivity index (χ1v) is 22.4. The van der Waals surface area contributed by atoms with Gasteiger partial charge in [0.15, 0.2) is 6.29 Å². The Bertz CT molecular complexity index is 998. The SMILES string of the molecule is CCCCC/C=C/CC/C=C/CC/C=C/C(O)C(COC1OC(CO)C(O)C(O)C1O)NC(=O)CCCCCCCCCCC/C=C\CCCCCCCC. The Morgan fingerprint density at radius 2 is 1.04 bits per heavy atom. The molecule has 7 atom stereocenters. The summed E-state index contributed by atoms with van der Waals surface area (Å²) < 4.78 is 11.2. The van der Waals surface area contributed by atoms with E-state index in [9.17, 15) is 30.3 Å². The Kier molecular flexibility index (Phi) is 33.9. The molecule has 1 heterocycles. The van der Waals surface area contributed by atoms with Crippen molar-refractivity contribution in [3.8, 4) is 0 Å². The highest BCUT2D eigenvalue weighted by Crippen LogP contribution is 2.22. The van der Waals surface area contributed by atoms with Gasteiger partial charge in [0.25, 0.3) is 0 Å². The molecule has 1 aliphatic heterocycles. The molecule has 1 rings (SSSR count). The molecule has 320 valence electrons. The molecule has 9 heteroatoms. The number of hydrogen-bond acceptors (Lipinski definition) is 8. The van der Waals surface area contributed by atoms with Crippen LogP contribution in [0.4, 0.5) is 0 Å². The first kappa shape index (κ1) is 51.2. The van der Waals surface area contributed by atoms with Gasteiger partial charge < -0.3 is 40.3 Å². The van der Waals surface area contributed by atoms with Gasteiger partial charge in [0, 0.05) is 6.42 Å². The molecule has 1 saturated heterocycles. The monoisotopic (exact) mass is 778 g/mol. The first-order chi connectivity index (χ1) is 26.8. The van der Waals surface area contributed by atoms with Crippen molar-refractivity contribution in [3.63, 3.8) is 0 Å². The maximum atomic E-state index is 12.9. The minimum absolute atomic E-state index is 0.196. The van der Waals surface area contributed by atoms with Gasteiger partial charge in [-0.3, -0.25) is 4.79 Å². The predicted molar refractivity (Wildman–Crippen MR) is 226 cm³/mol. The predicted octanol–water partition coefficient (Wildman–Crippen LogP) is 9.06. The summed E-state index contributed by atoms with van der Waals surface area (Å²) in [5.41, 5.74) is 0. The molecule has 0 bridgehead atoms. The molecule has 0 saturated carbocycles. The Balaban J connectivity index is 2.38. The van der Waals surface area contributed by atoms with Crippen molar-refractivity contribution >= 4 is 5.91 Å². The van der Waals surface area contributed by atoms with Crippen LogP contribution in [0.25, 0.3) is 0 Å². The third-order valence-corrected chi connectivity index (χ3v) is 10.4. The summed E-state index contributed by atoms with van der Waals surface area (Å²) >= 11 is 0. The molecule has 55 heavy (non-hydrogen) atoms. The van der Waals surface area contributed by atoms with E-state index < -0.39 is 49.5 Å². The third kappa shape index (κ3) is 27.4. The normalized spacial score (nSPS) is 21.8. The lowest BCUT2D eigenvalue weighted by Gasteiger charge is -2.40. The molecular formula is C46H83NO8. The highest BCUT2D eigenvalue weighted by Gasteiger charge is 2.44. The van der Waals surface area contributed by atoms with Crippen LogP contribution in [0.2, 0.25) is 0 Å². The molecule has 6 N–H and O–H groups in total. The number of ether oxygens (including phenoxy) is 2. The number of aliphatic hydroxyl groups is 5. The number of aliphatic hydroxyl groups excluding tert-OH is 5. The molecule has 1 fully saturated rings. The van der Waals surface area contributed by atoms with Crippen LogP contribution in [-0.2, 0) is 14.3 Å². The highest BCUT2D eigenvalue weighted by molar-refractivity contribution is 5.76. The summed E-state index contributed by atoms with van der Waals surface area (Å²) in [5.74, 6) is -0.196. The molecule has 9 nitrogen and oxygen atoms in total. The minimum Gasteiger partial charge on any atom is -0.394 e. The molecule has 1 amide bonds. The maximum Gasteiger partial charge on any atom is 0.220 e. The van der Waals surface area contributed by atoms with Crippen LogP contribution in [0, 0.1) is 0 Å². The van der Waals surface area contributed by atoms with E-state index >= 15 is 0 Å². The van der Waals surface area contributed by atoms with Gasteiger partial charge in [0.05, 0.1) is 25.4 Å². The number of hydrogen-bond donors (Lipinski definition) is 6.